The number of rotatable bonds is 3. The van der Waals surface area contributed by atoms with Crippen LogP contribution in [0.25, 0.3) is 0 Å². The van der Waals surface area contributed by atoms with Crippen LogP contribution in [-0.4, -0.2) is 67.8 Å². The van der Waals surface area contributed by atoms with Gasteiger partial charge in [-0.15, -0.1) is 11.8 Å². The maximum absolute atomic E-state index is 12.7. The Morgan fingerprint density at radius 1 is 1.39 bits per heavy atom. The number of carbonyl (C=O) groups is 1. The zero-order chi connectivity index (χ0) is 14.1. The molecule has 5 atom stereocenters. The number of hydrogen-bond donors (Lipinski definition) is 5. The Balaban J connectivity index is 0.00000324. The Morgan fingerprint density at radius 3 is 2.39 bits per heavy atom. The molecule has 6 nitrogen and oxygen atoms in total. The molecule has 1 heterocycles. The van der Waals surface area contributed by atoms with Gasteiger partial charge in [0.15, 0.2) is 0 Å². The Labute approximate surface area is 107 Å². The first-order valence-electron chi connectivity index (χ1n) is 5.17. The second-order valence-corrected chi connectivity index (χ2v) is 5.48. The highest BCUT2D eigenvalue weighted by Crippen LogP contribution is 2.31. The van der Waals surface area contributed by atoms with E-state index in [-0.39, 0.29) is 1.43 Å². The van der Waals surface area contributed by atoms with Gasteiger partial charge in [0, 0.05) is 8.35 Å². The monoisotopic (exact) mass is 289 g/mol. The fourth-order valence-electron chi connectivity index (χ4n) is 1.53. The van der Waals surface area contributed by atoms with Gasteiger partial charge in [0.25, 0.3) is 5.91 Å². The summed E-state index contributed by atoms with van der Waals surface area (Å²) in [5.74, 6) is -5.30. The number of thioether (sulfide) groups is 1. The summed E-state index contributed by atoms with van der Waals surface area (Å²) < 4.78 is 25.4. The van der Waals surface area contributed by atoms with Crippen molar-refractivity contribution in [2.24, 2.45) is 0 Å². The van der Waals surface area contributed by atoms with Crippen molar-refractivity contribution in [1.82, 2.24) is 5.32 Å². The predicted octanol–water partition coefficient (Wildman–Crippen LogP) is -1.48. The van der Waals surface area contributed by atoms with E-state index in [2.05, 4.69) is 0 Å². The summed E-state index contributed by atoms with van der Waals surface area (Å²) in [7, 11) is 0. The number of aliphatic hydroxyl groups is 4. The maximum Gasteiger partial charge on any atom is 0.321 e. The lowest BCUT2D eigenvalue weighted by molar-refractivity contribution is -0.146. The van der Waals surface area contributed by atoms with E-state index in [0.717, 1.165) is 0 Å². The molecule has 9 heteroatoms. The molecule has 18 heavy (non-hydrogen) atoms. The van der Waals surface area contributed by atoms with Crippen LogP contribution in [0.15, 0.2) is 0 Å². The number of halogens is 2. The molecule has 3 unspecified atom stereocenters. The van der Waals surface area contributed by atoms with Crippen molar-refractivity contribution in [3.05, 3.63) is 0 Å². The second-order valence-electron chi connectivity index (χ2n) is 4.12. The molecule has 108 valence electrons. The standard InChI is InChI=1S/C9H15F2NO5S.H2/c1-9(10,11)8(17)12-4-6(15)5(14)3(2-13)18-7(4)16;/h3-7,13-16H,2H2,1H3,(H,12,17);1H/t3?,4?,5-,6-,7?;/m1./s1. The molecule has 1 aliphatic rings. The molecule has 0 bridgehead atoms. The minimum Gasteiger partial charge on any atom is -0.395 e. The van der Waals surface area contributed by atoms with E-state index in [0.29, 0.717) is 18.7 Å². The largest absolute Gasteiger partial charge is 0.395 e. The first kappa shape index (κ1) is 15.6. The summed E-state index contributed by atoms with van der Waals surface area (Å²) >= 11 is 0.695. The van der Waals surface area contributed by atoms with E-state index < -0.39 is 47.4 Å². The van der Waals surface area contributed by atoms with Gasteiger partial charge in [-0.1, -0.05) is 0 Å². The fourth-order valence-corrected chi connectivity index (χ4v) is 2.70. The molecule has 1 rings (SSSR count). The molecule has 1 amide bonds. The number of nitrogens with one attached hydrogen (secondary N) is 1. The Kier molecular flexibility index (Phi) is 4.90. The van der Waals surface area contributed by atoms with Crippen molar-refractivity contribution in [3.63, 3.8) is 0 Å². The van der Waals surface area contributed by atoms with E-state index >= 15 is 0 Å². The van der Waals surface area contributed by atoms with Crippen molar-refractivity contribution in [3.8, 4) is 0 Å². The third-order valence-corrected chi connectivity index (χ3v) is 3.95. The Hall–Kier alpha value is -0.480. The quantitative estimate of drug-likeness (QED) is 0.433. The van der Waals surface area contributed by atoms with Crippen LogP contribution in [0.3, 0.4) is 0 Å². The van der Waals surface area contributed by atoms with Crippen molar-refractivity contribution in [1.29, 1.82) is 0 Å². The minimum absolute atomic E-state index is 0. The van der Waals surface area contributed by atoms with Gasteiger partial charge in [0.1, 0.15) is 11.5 Å². The highest BCUT2D eigenvalue weighted by Gasteiger charge is 2.46. The average molecular weight is 289 g/mol. The van der Waals surface area contributed by atoms with E-state index in [9.17, 15) is 28.9 Å². The molecule has 0 spiro atoms. The Bertz CT molecular complexity index is 319. The third kappa shape index (κ3) is 3.29. The maximum atomic E-state index is 12.7. The minimum atomic E-state index is -3.65. The lowest BCUT2D eigenvalue weighted by Crippen LogP contribution is -2.62. The first-order valence-corrected chi connectivity index (χ1v) is 6.12. The van der Waals surface area contributed by atoms with E-state index in [1.165, 1.54) is 0 Å². The number of aliphatic hydroxyl groups excluding tert-OH is 4. The summed E-state index contributed by atoms with van der Waals surface area (Å²) in [5, 5.41) is 38.6. The van der Waals surface area contributed by atoms with Crippen LogP contribution in [0.2, 0.25) is 0 Å². The first-order chi connectivity index (χ1) is 8.18. The van der Waals surface area contributed by atoms with Crippen LogP contribution in [0.1, 0.15) is 8.35 Å². The summed E-state index contributed by atoms with van der Waals surface area (Å²) in [5.41, 5.74) is -1.40. The van der Waals surface area contributed by atoms with Gasteiger partial charge in [0.05, 0.1) is 24.0 Å². The predicted molar refractivity (Wildman–Crippen MR) is 61.2 cm³/mol. The molecule has 0 aromatic rings. The molecule has 1 aliphatic heterocycles. The molecule has 0 aromatic heterocycles. The molecule has 5 N–H and O–H groups in total. The van der Waals surface area contributed by atoms with Gasteiger partial charge >= 0.3 is 5.92 Å². The van der Waals surface area contributed by atoms with Crippen LogP contribution in [0.5, 0.6) is 0 Å². The Morgan fingerprint density at radius 2 is 1.94 bits per heavy atom. The van der Waals surface area contributed by atoms with Gasteiger partial charge in [-0.3, -0.25) is 4.79 Å². The van der Waals surface area contributed by atoms with Gasteiger partial charge in [0.2, 0.25) is 0 Å². The van der Waals surface area contributed by atoms with Crippen LogP contribution in [-0.2, 0) is 4.79 Å². The number of hydrogen-bond acceptors (Lipinski definition) is 6. The molecular weight excluding hydrogens is 272 g/mol. The van der Waals surface area contributed by atoms with Crippen molar-refractivity contribution >= 4 is 17.7 Å². The number of alkyl halides is 2. The van der Waals surface area contributed by atoms with Crippen LogP contribution in [0, 0.1) is 0 Å². The summed E-state index contributed by atoms with van der Waals surface area (Å²) in [6.07, 6.45) is -3.07. The smallest absolute Gasteiger partial charge is 0.321 e. The SMILES string of the molecule is CC(F)(F)C(=O)NC1C(O)SC(CO)[C@@H](O)[C@@H]1O.[HH]. The highest BCUT2D eigenvalue weighted by atomic mass is 32.2. The van der Waals surface area contributed by atoms with Gasteiger partial charge in [-0.2, -0.15) is 8.78 Å². The topological polar surface area (TPSA) is 110 Å². The summed E-state index contributed by atoms with van der Waals surface area (Å²) in [6, 6.07) is -1.42. The lowest BCUT2D eigenvalue weighted by atomic mass is 10.0. The number of amides is 1. The number of carbonyl (C=O) groups excluding carboxylic acids is 1. The second kappa shape index (κ2) is 5.66. The van der Waals surface area contributed by atoms with Gasteiger partial charge < -0.3 is 25.7 Å². The van der Waals surface area contributed by atoms with E-state index in [1.807, 2.05) is 0 Å². The van der Waals surface area contributed by atoms with E-state index in [1.54, 1.807) is 5.32 Å². The summed E-state index contributed by atoms with van der Waals surface area (Å²) in [6.45, 7) is -0.116. The van der Waals surface area contributed by atoms with Crippen LogP contribution < -0.4 is 5.32 Å². The zero-order valence-electron chi connectivity index (χ0n) is 9.46. The average Bonchev–Trinajstić information content (AvgIpc) is 2.27. The summed E-state index contributed by atoms with van der Waals surface area (Å²) in [4.78, 5) is 11.1. The van der Waals surface area contributed by atoms with Crippen molar-refractivity contribution < 1.29 is 35.4 Å². The molecule has 0 aromatic carbocycles. The highest BCUT2D eigenvalue weighted by molar-refractivity contribution is 8.00. The van der Waals surface area contributed by atoms with E-state index in [4.69, 9.17) is 5.11 Å². The molecule has 1 saturated heterocycles. The van der Waals surface area contributed by atoms with Crippen LogP contribution >= 0.6 is 11.8 Å². The molecule has 1 fully saturated rings. The van der Waals surface area contributed by atoms with Crippen molar-refractivity contribution in [2.45, 2.75) is 41.8 Å². The normalized spacial score (nSPS) is 37.4. The van der Waals surface area contributed by atoms with Crippen molar-refractivity contribution in [2.75, 3.05) is 6.61 Å². The van der Waals surface area contributed by atoms with Gasteiger partial charge in [-0.25, -0.2) is 0 Å². The molecule has 0 saturated carbocycles. The zero-order valence-corrected chi connectivity index (χ0v) is 10.3. The molecular formula is C9H17F2NO5S. The van der Waals surface area contributed by atoms with Crippen LogP contribution in [0.4, 0.5) is 8.78 Å². The molecule has 0 radical (unpaired) electrons. The van der Waals surface area contributed by atoms with Gasteiger partial charge in [-0.05, 0) is 0 Å². The fraction of sp³-hybridized carbons (Fsp3) is 0.889. The lowest BCUT2D eigenvalue weighted by Gasteiger charge is -2.40. The molecule has 0 aliphatic carbocycles. The third-order valence-electron chi connectivity index (χ3n) is 2.60.